The van der Waals surface area contributed by atoms with E-state index < -0.39 is 24.7 Å². The number of amides is 1. The van der Waals surface area contributed by atoms with Gasteiger partial charge in [-0.3, -0.25) is 4.79 Å². The summed E-state index contributed by atoms with van der Waals surface area (Å²) in [6, 6.07) is 21.6. The minimum absolute atomic E-state index is 0.00142. The summed E-state index contributed by atoms with van der Waals surface area (Å²) >= 11 is 0. The van der Waals surface area contributed by atoms with Crippen LogP contribution < -0.4 is 14.8 Å². The molecule has 7 nitrogen and oxygen atoms in total. The summed E-state index contributed by atoms with van der Waals surface area (Å²) in [6.07, 6.45) is -4.33. The molecule has 0 radical (unpaired) electrons. The van der Waals surface area contributed by atoms with E-state index in [4.69, 9.17) is 9.84 Å². The summed E-state index contributed by atoms with van der Waals surface area (Å²) in [5.74, 6) is 0.0143. The number of pyridine rings is 1. The van der Waals surface area contributed by atoms with Crippen molar-refractivity contribution in [2.75, 3.05) is 18.5 Å². The van der Waals surface area contributed by atoms with Crippen molar-refractivity contribution in [3.63, 3.8) is 0 Å². The average molecular weight is 494 g/mol. The van der Waals surface area contributed by atoms with Gasteiger partial charge in [0.15, 0.2) is 0 Å². The summed E-state index contributed by atoms with van der Waals surface area (Å²) in [4.78, 5) is 17.8. The molecular weight excluding hydrogens is 470 g/mol. The summed E-state index contributed by atoms with van der Waals surface area (Å²) in [6.45, 7) is 0.153. The molecule has 3 N–H and O–H groups in total. The lowest BCUT2D eigenvalue weighted by Gasteiger charge is -2.14. The highest BCUT2D eigenvalue weighted by Crippen LogP contribution is 2.29. The fourth-order valence-electron chi connectivity index (χ4n) is 3.52. The normalized spacial score (nSPS) is 12.2. The standard InChI is InChI=1S/C27H24F2N2O5/c1-27(28,29)36-22-9-2-6-18(13-22)24-12-11-17-5-3-10-23(25(17)31-24)26(34)30-19-7-4-8-21(14-19)35-16-20(33)15-32/h2-14,20,32-33H,15-16H2,1H3,(H,30,34). The summed E-state index contributed by atoms with van der Waals surface area (Å²) in [7, 11) is 0. The molecule has 0 aliphatic carbocycles. The number of alkyl halides is 2. The van der Waals surface area contributed by atoms with Crippen LogP contribution in [0.3, 0.4) is 0 Å². The maximum atomic E-state index is 13.3. The number of fused-ring (bicyclic) bond motifs is 1. The fourth-order valence-corrected chi connectivity index (χ4v) is 3.52. The number of aliphatic hydroxyl groups is 2. The van der Waals surface area contributed by atoms with Gasteiger partial charge in [0.25, 0.3) is 5.91 Å². The molecule has 9 heteroatoms. The zero-order valence-corrected chi connectivity index (χ0v) is 19.3. The number of aliphatic hydroxyl groups excluding tert-OH is 2. The van der Waals surface area contributed by atoms with Crippen LogP contribution in [0.4, 0.5) is 14.5 Å². The molecule has 0 bridgehead atoms. The van der Waals surface area contributed by atoms with E-state index in [1.165, 1.54) is 12.1 Å². The molecule has 0 spiro atoms. The molecule has 0 aliphatic rings. The third-order valence-corrected chi connectivity index (χ3v) is 5.14. The summed E-state index contributed by atoms with van der Waals surface area (Å²) in [5, 5.41) is 21.9. The number of nitrogens with zero attached hydrogens (tertiary/aromatic N) is 1. The van der Waals surface area contributed by atoms with Crippen LogP contribution in [0.1, 0.15) is 17.3 Å². The van der Waals surface area contributed by atoms with E-state index >= 15 is 0 Å². The zero-order valence-electron chi connectivity index (χ0n) is 19.3. The minimum atomic E-state index is -3.32. The van der Waals surface area contributed by atoms with Gasteiger partial charge in [0, 0.05) is 29.6 Å². The van der Waals surface area contributed by atoms with Crippen molar-refractivity contribution in [3.05, 3.63) is 84.4 Å². The molecule has 186 valence electrons. The van der Waals surface area contributed by atoms with Crippen LogP contribution >= 0.6 is 0 Å². The van der Waals surface area contributed by atoms with Gasteiger partial charge in [-0.15, -0.1) is 0 Å². The van der Waals surface area contributed by atoms with Gasteiger partial charge in [-0.2, -0.15) is 8.78 Å². The fraction of sp³-hybridized carbons (Fsp3) is 0.185. The highest BCUT2D eigenvalue weighted by atomic mass is 19.3. The van der Waals surface area contributed by atoms with Crippen LogP contribution in [0.2, 0.25) is 0 Å². The van der Waals surface area contributed by atoms with Crippen molar-refractivity contribution in [2.24, 2.45) is 0 Å². The molecule has 0 saturated carbocycles. The third kappa shape index (κ3) is 6.32. The molecule has 0 fully saturated rings. The van der Waals surface area contributed by atoms with Gasteiger partial charge in [0.2, 0.25) is 0 Å². The Bertz CT molecular complexity index is 1370. The molecule has 1 amide bonds. The molecule has 36 heavy (non-hydrogen) atoms. The van der Waals surface area contributed by atoms with Gasteiger partial charge in [-0.05, 0) is 36.4 Å². The number of para-hydroxylation sites is 1. The Morgan fingerprint density at radius 1 is 1.03 bits per heavy atom. The lowest BCUT2D eigenvalue weighted by molar-refractivity contribution is -0.158. The Labute approximate surface area is 205 Å². The monoisotopic (exact) mass is 494 g/mol. The molecule has 4 rings (SSSR count). The molecule has 1 unspecified atom stereocenters. The molecule has 4 aromatic rings. The number of rotatable bonds is 9. The number of hydrogen-bond donors (Lipinski definition) is 3. The molecule has 1 aromatic heterocycles. The van der Waals surface area contributed by atoms with Gasteiger partial charge >= 0.3 is 6.11 Å². The summed E-state index contributed by atoms with van der Waals surface area (Å²) < 4.78 is 36.7. The maximum absolute atomic E-state index is 13.3. The van der Waals surface area contributed by atoms with E-state index in [2.05, 4.69) is 15.0 Å². The quantitative estimate of drug-likeness (QED) is 0.307. The Kier molecular flexibility index (Phi) is 7.42. The topological polar surface area (TPSA) is 101 Å². The van der Waals surface area contributed by atoms with E-state index in [9.17, 15) is 18.7 Å². The first kappa shape index (κ1) is 25.0. The van der Waals surface area contributed by atoms with Gasteiger partial charge in [0.05, 0.1) is 23.4 Å². The lowest BCUT2D eigenvalue weighted by atomic mass is 10.1. The van der Waals surface area contributed by atoms with Gasteiger partial charge in [-0.1, -0.05) is 36.4 Å². The van der Waals surface area contributed by atoms with E-state index in [1.54, 1.807) is 60.7 Å². The number of carbonyl (C=O) groups is 1. The maximum Gasteiger partial charge on any atom is 0.394 e. The number of carbonyl (C=O) groups excluding carboxylic acids is 1. The number of halogens is 2. The highest BCUT2D eigenvalue weighted by molar-refractivity contribution is 6.12. The second kappa shape index (κ2) is 10.7. The van der Waals surface area contributed by atoms with Crippen LogP contribution in [0.5, 0.6) is 11.5 Å². The van der Waals surface area contributed by atoms with Gasteiger partial charge in [0.1, 0.15) is 24.2 Å². The predicted molar refractivity (Wildman–Crippen MR) is 131 cm³/mol. The number of aromatic nitrogens is 1. The second-order valence-corrected chi connectivity index (χ2v) is 8.14. The van der Waals surface area contributed by atoms with Crippen molar-refractivity contribution in [1.82, 2.24) is 4.98 Å². The van der Waals surface area contributed by atoms with E-state index in [0.717, 1.165) is 5.39 Å². The smallest absolute Gasteiger partial charge is 0.394 e. The SMILES string of the molecule is CC(F)(F)Oc1cccc(-c2ccc3cccc(C(=O)Nc4cccc(OCC(O)CO)c4)c3n2)c1. The number of anilines is 1. The van der Waals surface area contributed by atoms with Crippen molar-refractivity contribution in [2.45, 2.75) is 19.1 Å². The number of benzene rings is 3. The van der Waals surface area contributed by atoms with Crippen LogP contribution in [-0.2, 0) is 0 Å². The number of hydrogen-bond acceptors (Lipinski definition) is 6. The second-order valence-electron chi connectivity index (χ2n) is 8.14. The molecule has 0 aliphatic heterocycles. The highest BCUT2D eigenvalue weighted by Gasteiger charge is 2.23. The average Bonchev–Trinajstić information content (AvgIpc) is 2.86. The minimum Gasteiger partial charge on any atom is -0.491 e. The van der Waals surface area contributed by atoms with Crippen molar-refractivity contribution >= 4 is 22.5 Å². The molecule has 3 aromatic carbocycles. The molecule has 1 atom stereocenters. The number of ether oxygens (including phenoxy) is 2. The molecular formula is C27H24F2N2O5. The van der Waals surface area contributed by atoms with E-state index in [0.29, 0.717) is 40.7 Å². The molecule has 1 heterocycles. The Morgan fingerprint density at radius 2 is 1.78 bits per heavy atom. The Morgan fingerprint density at radius 3 is 2.56 bits per heavy atom. The van der Waals surface area contributed by atoms with Crippen LogP contribution in [-0.4, -0.2) is 46.5 Å². The van der Waals surface area contributed by atoms with Crippen LogP contribution in [0.25, 0.3) is 22.2 Å². The Hall–Kier alpha value is -4.08. The van der Waals surface area contributed by atoms with Gasteiger partial charge in [-0.25, -0.2) is 4.98 Å². The molecule has 0 saturated heterocycles. The van der Waals surface area contributed by atoms with Crippen molar-refractivity contribution in [3.8, 4) is 22.8 Å². The number of nitrogens with one attached hydrogen (secondary N) is 1. The van der Waals surface area contributed by atoms with E-state index in [1.807, 2.05) is 6.07 Å². The van der Waals surface area contributed by atoms with Gasteiger partial charge < -0.3 is 25.0 Å². The van der Waals surface area contributed by atoms with E-state index in [-0.39, 0.29) is 12.4 Å². The van der Waals surface area contributed by atoms with Crippen molar-refractivity contribution < 1.29 is 33.3 Å². The lowest BCUT2D eigenvalue weighted by Crippen LogP contribution is -2.21. The van der Waals surface area contributed by atoms with Crippen LogP contribution in [0, 0.1) is 0 Å². The Balaban J connectivity index is 1.60. The van der Waals surface area contributed by atoms with Crippen molar-refractivity contribution in [1.29, 1.82) is 0 Å². The predicted octanol–water partition coefficient (Wildman–Crippen LogP) is 4.88. The zero-order chi connectivity index (χ0) is 25.7. The summed E-state index contributed by atoms with van der Waals surface area (Å²) in [5.41, 5.74) is 2.28. The first-order valence-corrected chi connectivity index (χ1v) is 11.1. The largest absolute Gasteiger partial charge is 0.491 e. The third-order valence-electron chi connectivity index (χ3n) is 5.14. The van der Waals surface area contributed by atoms with Crippen LogP contribution in [0.15, 0.2) is 78.9 Å². The first-order valence-electron chi connectivity index (χ1n) is 11.1. The first-order chi connectivity index (χ1) is 17.2.